The Morgan fingerprint density at radius 1 is 1.27 bits per heavy atom. The van der Waals surface area contributed by atoms with Crippen molar-refractivity contribution in [2.75, 3.05) is 0 Å². The second-order valence-corrected chi connectivity index (χ2v) is 9.20. The van der Waals surface area contributed by atoms with E-state index in [1.54, 1.807) is 11.3 Å². The Morgan fingerprint density at radius 3 is 2.93 bits per heavy atom. The maximum Gasteiger partial charge on any atom is 0.291 e. The molecule has 6 nitrogen and oxygen atoms in total. The van der Waals surface area contributed by atoms with Crippen LogP contribution in [0.4, 0.5) is 0 Å². The highest BCUT2D eigenvalue weighted by Crippen LogP contribution is 2.30. The molecule has 4 aromatic rings. The molecule has 0 spiro atoms. The predicted octanol–water partition coefficient (Wildman–Crippen LogP) is 3.78. The lowest BCUT2D eigenvalue weighted by atomic mass is 9.88. The summed E-state index contributed by atoms with van der Waals surface area (Å²) in [6, 6.07) is 12.3. The van der Waals surface area contributed by atoms with E-state index < -0.39 is 0 Å². The zero-order valence-corrected chi connectivity index (χ0v) is 18.0. The van der Waals surface area contributed by atoms with Crippen LogP contribution in [0.2, 0.25) is 0 Å². The third-order valence-corrected chi connectivity index (χ3v) is 6.86. The summed E-state index contributed by atoms with van der Waals surface area (Å²) >= 11 is 1.67. The van der Waals surface area contributed by atoms with Crippen molar-refractivity contribution in [1.82, 2.24) is 19.5 Å². The number of carbonyl (C=O) groups excluding carboxylic acids is 1. The van der Waals surface area contributed by atoms with Crippen LogP contribution in [-0.4, -0.2) is 20.1 Å². The molecule has 0 radical (unpaired) electrons. The molecule has 3 heterocycles. The molecule has 1 unspecified atom stereocenters. The van der Waals surface area contributed by atoms with E-state index in [9.17, 15) is 9.59 Å². The number of benzene rings is 1. The van der Waals surface area contributed by atoms with E-state index in [0.717, 1.165) is 35.3 Å². The highest BCUT2D eigenvalue weighted by Gasteiger charge is 2.22. The van der Waals surface area contributed by atoms with Crippen LogP contribution < -0.4 is 10.9 Å². The van der Waals surface area contributed by atoms with Crippen LogP contribution in [0.25, 0.3) is 15.7 Å². The van der Waals surface area contributed by atoms with Gasteiger partial charge < -0.3 is 5.32 Å². The van der Waals surface area contributed by atoms with Crippen molar-refractivity contribution in [3.63, 3.8) is 0 Å². The third-order valence-electron chi connectivity index (χ3n) is 5.88. The van der Waals surface area contributed by atoms with Crippen LogP contribution in [0, 0.1) is 6.92 Å². The minimum atomic E-state index is -0.229. The highest BCUT2D eigenvalue weighted by molar-refractivity contribution is 7.19. The quantitative estimate of drug-likeness (QED) is 0.546. The molecule has 3 aromatic heterocycles. The van der Waals surface area contributed by atoms with Gasteiger partial charge in [-0.15, -0.1) is 11.3 Å². The fourth-order valence-corrected chi connectivity index (χ4v) is 5.47. The number of hydrogen-bond donors (Lipinski definition) is 1. The maximum atomic E-state index is 13.1. The van der Waals surface area contributed by atoms with E-state index in [4.69, 9.17) is 0 Å². The zero-order chi connectivity index (χ0) is 20.8. The molecular formula is C23H24N4O2S. The molecule has 1 aliphatic rings. The summed E-state index contributed by atoms with van der Waals surface area (Å²) in [7, 11) is 0. The van der Waals surface area contributed by atoms with Crippen LogP contribution in [0.15, 0.2) is 41.2 Å². The van der Waals surface area contributed by atoms with Crippen LogP contribution in [0.5, 0.6) is 0 Å². The van der Waals surface area contributed by atoms with E-state index in [1.165, 1.54) is 20.7 Å². The molecule has 0 saturated heterocycles. The lowest BCUT2D eigenvalue weighted by Crippen LogP contribution is -2.37. The summed E-state index contributed by atoms with van der Waals surface area (Å²) in [5, 5.41) is 7.66. The number of nitrogens with zero attached hydrogens (tertiary/aromatic N) is 3. The number of hydrogen-bond acceptors (Lipinski definition) is 4. The van der Waals surface area contributed by atoms with Gasteiger partial charge in [0, 0.05) is 11.3 Å². The first-order valence-corrected chi connectivity index (χ1v) is 11.3. The average Bonchev–Trinajstić information content (AvgIpc) is 3.27. The molecule has 1 aromatic carbocycles. The normalized spacial score (nSPS) is 16.1. The molecule has 1 N–H and O–H groups in total. The second-order valence-electron chi connectivity index (χ2n) is 7.92. The fraction of sp³-hybridized carbons (Fsp3) is 0.348. The smallest absolute Gasteiger partial charge is 0.291 e. The molecule has 7 heteroatoms. The van der Waals surface area contributed by atoms with Crippen molar-refractivity contribution in [3.05, 3.63) is 68.6 Å². The SMILES string of the molecule is CCc1nn(CC(=O)NC2CCCc3ccccc32)c(=O)c2cc3sc(C)cc3n12. The summed E-state index contributed by atoms with van der Waals surface area (Å²) in [5.41, 5.74) is 3.85. The summed E-state index contributed by atoms with van der Waals surface area (Å²) in [5.74, 6) is 0.607. The average molecular weight is 421 g/mol. The molecule has 30 heavy (non-hydrogen) atoms. The largest absolute Gasteiger partial charge is 0.348 e. The highest BCUT2D eigenvalue weighted by atomic mass is 32.1. The van der Waals surface area contributed by atoms with Crippen molar-refractivity contribution in [1.29, 1.82) is 0 Å². The first-order valence-electron chi connectivity index (χ1n) is 10.4. The Labute approximate surface area is 178 Å². The predicted molar refractivity (Wildman–Crippen MR) is 119 cm³/mol. The summed E-state index contributed by atoms with van der Waals surface area (Å²) in [6.45, 7) is 4.00. The molecule has 1 atom stereocenters. The summed E-state index contributed by atoms with van der Waals surface area (Å²) < 4.78 is 4.32. The first-order chi connectivity index (χ1) is 14.5. The molecule has 0 saturated carbocycles. The number of rotatable bonds is 4. The van der Waals surface area contributed by atoms with Gasteiger partial charge in [-0.1, -0.05) is 31.2 Å². The van der Waals surface area contributed by atoms with Gasteiger partial charge in [-0.05, 0) is 49.4 Å². The van der Waals surface area contributed by atoms with Crippen LogP contribution in [0.3, 0.4) is 0 Å². The summed E-state index contributed by atoms with van der Waals surface area (Å²) in [6.07, 6.45) is 3.68. The fourth-order valence-electron chi connectivity index (χ4n) is 4.53. The van der Waals surface area contributed by atoms with Crippen LogP contribution in [-0.2, 0) is 24.2 Å². The lowest BCUT2D eigenvalue weighted by Gasteiger charge is -2.26. The molecule has 154 valence electrons. The molecule has 0 fully saturated rings. The number of amides is 1. The van der Waals surface area contributed by atoms with Crippen molar-refractivity contribution >= 4 is 33.0 Å². The molecule has 0 aliphatic heterocycles. The Kier molecular flexibility index (Phi) is 4.70. The van der Waals surface area contributed by atoms with Crippen molar-refractivity contribution < 1.29 is 4.79 Å². The van der Waals surface area contributed by atoms with Gasteiger partial charge in [-0.25, -0.2) is 4.68 Å². The first kappa shape index (κ1) is 19.1. The number of carbonyl (C=O) groups is 1. The van der Waals surface area contributed by atoms with Gasteiger partial charge >= 0.3 is 0 Å². The van der Waals surface area contributed by atoms with E-state index in [2.05, 4.69) is 35.5 Å². The maximum absolute atomic E-state index is 13.1. The van der Waals surface area contributed by atoms with Crippen molar-refractivity contribution in [2.24, 2.45) is 0 Å². The van der Waals surface area contributed by atoms with E-state index >= 15 is 0 Å². The van der Waals surface area contributed by atoms with Gasteiger partial charge in [0.05, 0.1) is 16.3 Å². The molecule has 5 rings (SSSR count). The van der Waals surface area contributed by atoms with E-state index in [-0.39, 0.29) is 24.1 Å². The molecule has 1 amide bonds. The Hall–Kier alpha value is -2.93. The van der Waals surface area contributed by atoms with Gasteiger partial charge in [0.1, 0.15) is 17.9 Å². The number of nitrogens with one attached hydrogen (secondary N) is 1. The zero-order valence-electron chi connectivity index (χ0n) is 17.1. The standard InChI is InChI=1S/C23H24N4O2S/c1-3-21-25-26(23(29)19-12-20-18(27(19)21)11-14(2)30-20)13-22(28)24-17-10-6-8-15-7-4-5-9-16(15)17/h4-5,7,9,11-12,17H,3,6,8,10,13H2,1-2H3,(H,24,28). The van der Waals surface area contributed by atoms with Crippen LogP contribution in [0.1, 0.15) is 47.6 Å². The number of thiophene rings is 1. The topological polar surface area (TPSA) is 68.4 Å². The Morgan fingerprint density at radius 2 is 2.10 bits per heavy atom. The molecule has 1 aliphatic carbocycles. The Balaban J connectivity index is 1.46. The molecular weight excluding hydrogens is 396 g/mol. The third kappa shape index (κ3) is 3.13. The lowest BCUT2D eigenvalue weighted by molar-refractivity contribution is -0.122. The van der Waals surface area contributed by atoms with Gasteiger partial charge in [-0.3, -0.25) is 14.0 Å². The van der Waals surface area contributed by atoms with Gasteiger partial charge in [0.15, 0.2) is 0 Å². The van der Waals surface area contributed by atoms with E-state index in [1.807, 2.05) is 29.5 Å². The molecule has 0 bridgehead atoms. The van der Waals surface area contributed by atoms with Gasteiger partial charge in [-0.2, -0.15) is 5.10 Å². The minimum absolute atomic E-state index is 0.00542. The van der Waals surface area contributed by atoms with Crippen molar-refractivity contribution in [3.8, 4) is 0 Å². The monoisotopic (exact) mass is 420 g/mol. The Bertz CT molecular complexity index is 1330. The number of fused-ring (bicyclic) bond motifs is 4. The van der Waals surface area contributed by atoms with Crippen molar-refractivity contribution in [2.45, 2.75) is 52.1 Å². The number of aromatic nitrogens is 3. The second kappa shape index (κ2) is 7.40. The number of aryl methyl sites for hydroxylation is 3. The van der Waals surface area contributed by atoms with Gasteiger partial charge in [0.2, 0.25) is 5.91 Å². The van der Waals surface area contributed by atoms with E-state index in [0.29, 0.717) is 11.9 Å². The summed E-state index contributed by atoms with van der Waals surface area (Å²) in [4.78, 5) is 27.1. The minimum Gasteiger partial charge on any atom is -0.348 e. The van der Waals surface area contributed by atoms with Gasteiger partial charge in [0.25, 0.3) is 5.56 Å². The van der Waals surface area contributed by atoms with Crippen LogP contribution >= 0.6 is 11.3 Å².